The summed E-state index contributed by atoms with van der Waals surface area (Å²) in [5.41, 5.74) is 32.1. The van der Waals surface area contributed by atoms with Crippen LogP contribution in [0.25, 0.3) is 242 Å². The lowest BCUT2D eigenvalue weighted by Gasteiger charge is -2.14. The number of nitrogens with zero attached hydrogens (tertiary/aromatic N) is 4. The molecule has 6 nitrogen and oxygen atoms in total. The van der Waals surface area contributed by atoms with Gasteiger partial charge in [0.25, 0.3) is 11.1 Å². The first-order chi connectivity index (χ1) is 60.3. The Morgan fingerprint density at radius 2 is 0.377 bits per heavy atom. The van der Waals surface area contributed by atoms with Crippen molar-refractivity contribution in [2.45, 2.75) is 0 Å². The molecule has 0 amide bonds. The molecule has 122 heavy (non-hydrogen) atoms. The molecule has 6 aromatic heterocycles. The van der Waals surface area contributed by atoms with E-state index in [0.29, 0.717) is 10.8 Å². The average molecular weight is 1550 g/mol. The number of pyridine rings is 2. The first-order valence-electron chi connectivity index (χ1n) is 41.7. The smallest absolute Gasteiger partial charge is 0.263 e. The lowest BCUT2D eigenvalue weighted by atomic mass is 9.90. The predicted molar refractivity (Wildman–Crippen MR) is 511 cm³/mol. The van der Waals surface area contributed by atoms with Crippen molar-refractivity contribution >= 4 is 120 Å². The Hall–Kier alpha value is -16.3. The minimum absolute atomic E-state index is 0.0284. The van der Waals surface area contributed by atoms with Gasteiger partial charge in [-0.2, -0.15) is 0 Å². The monoisotopic (exact) mass is 1550 g/mol. The number of aromatic nitrogens is 4. The normalized spacial score (nSPS) is 12.0. The van der Waals surface area contributed by atoms with Crippen molar-refractivity contribution < 1.29 is 0 Å². The van der Waals surface area contributed by atoms with Crippen LogP contribution in [-0.2, 0) is 0 Å². The molecule has 0 bridgehead atoms. The number of hydrogen-bond acceptors (Lipinski definition) is 2. The van der Waals surface area contributed by atoms with Crippen LogP contribution in [0.15, 0.2) is 434 Å². The van der Waals surface area contributed by atoms with Crippen molar-refractivity contribution in [2.75, 3.05) is 0 Å². The topological polar surface area (TPSA) is 52.8 Å². The summed E-state index contributed by atoms with van der Waals surface area (Å²) in [6.07, 6.45) is 0. The third-order valence-corrected chi connectivity index (χ3v) is 25.8. The van der Waals surface area contributed by atoms with Crippen molar-refractivity contribution in [1.29, 1.82) is 0 Å². The summed E-state index contributed by atoms with van der Waals surface area (Å²) < 4.78 is 8.70. The molecule has 0 aliphatic heterocycles. The van der Waals surface area contributed by atoms with Gasteiger partial charge >= 0.3 is 0 Å². The summed E-state index contributed by atoms with van der Waals surface area (Å²) in [6.45, 7) is 0. The molecule has 0 aliphatic rings. The highest BCUT2D eigenvalue weighted by Crippen LogP contribution is 2.47. The van der Waals surface area contributed by atoms with Crippen molar-refractivity contribution in [1.82, 2.24) is 17.9 Å². The molecule has 25 aromatic rings. The Kier molecular flexibility index (Phi) is 15.3. The summed E-state index contributed by atoms with van der Waals surface area (Å²) in [4.78, 5) is 30.9. The van der Waals surface area contributed by atoms with Gasteiger partial charge < -0.3 is 9.13 Å². The van der Waals surface area contributed by atoms with Gasteiger partial charge in [0.2, 0.25) is 0 Å². The number of para-hydroxylation sites is 3. The van der Waals surface area contributed by atoms with Crippen molar-refractivity contribution in [2.24, 2.45) is 0 Å². The van der Waals surface area contributed by atoms with Crippen LogP contribution in [0.3, 0.4) is 0 Å². The van der Waals surface area contributed by atoms with Crippen LogP contribution in [0.1, 0.15) is 0 Å². The zero-order chi connectivity index (χ0) is 80.4. The van der Waals surface area contributed by atoms with Crippen LogP contribution in [-0.4, -0.2) is 17.9 Å². The SMILES string of the molecule is O=c1c2ccccc2c2cc(-c3cc(-c4ccccc4)cc(-c4ccc(-c5ccc6c(=O)n7c8ccc(-c9ccc%10c(c9)c9ccccc9n%10-c9cccc(-c%10ccccc%10)c9)cc8c8cc(-c9ccc%10c(c9)c9ccccc9n%10-c9ccccc9)cc(c6c5)c87)cc4)c3)cc3c4cc(-c5cc(-c6ccccc6)cc(-c6ccccc6)c5)ccc4n1c23. The highest BCUT2D eigenvalue weighted by Gasteiger charge is 2.26. The molecule has 0 unspecified atom stereocenters. The van der Waals surface area contributed by atoms with Crippen LogP contribution in [0, 0.1) is 0 Å². The number of rotatable bonds is 12. The molecule has 0 atom stereocenters. The molecule has 6 heteroatoms. The van der Waals surface area contributed by atoms with Gasteiger partial charge in [-0.15, -0.1) is 0 Å². The third-order valence-electron chi connectivity index (χ3n) is 25.8. The molecule has 566 valence electrons. The molecular formula is C116H70N4O2. The summed E-state index contributed by atoms with van der Waals surface area (Å²) in [5.74, 6) is 0. The standard InChI is InChI=1S/C116H70N4O2/c121-115-96-38-17-16-35-93(96)103-69-90(70-106-102-66-81(49-54-112(102)119(115)113(103)106)87-57-83(72-25-8-2-9-26-72)55-84(58-87)73-27-10-3-11-28-73)88-59-85(74-29-12-4-13-30-74)56-86(60-88)76-43-41-75(42-44-76)78-45-50-97-98(62-78)104-67-89(82-48-52-109-100(65-82)94-36-18-20-39-107(94)117(109)91-32-14-5-15-33-91)68-105-101-64-80(47-53-111(101)120(114(104)105)116(97)122)79-46-51-110-99(63-79)95-37-19-21-40-108(95)118(110)92-34-22-31-77(61-92)71-23-6-1-7-24-71/h1-70H. The van der Waals surface area contributed by atoms with E-state index in [1.807, 2.05) is 33.1 Å². The van der Waals surface area contributed by atoms with Crippen molar-refractivity contribution in [3.05, 3.63) is 445 Å². The highest BCUT2D eigenvalue weighted by molar-refractivity contribution is 6.25. The van der Waals surface area contributed by atoms with Gasteiger partial charge in [-0.25, -0.2) is 0 Å². The lowest BCUT2D eigenvalue weighted by Crippen LogP contribution is -2.13. The maximum atomic E-state index is 15.8. The van der Waals surface area contributed by atoms with Crippen LogP contribution in [0.2, 0.25) is 0 Å². The van der Waals surface area contributed by atoms with Crippen LogP contribution >= 0.6 is 0 Å². The van der Waals surface area contributed by atoms with Crippen LogP contribution < -0.4 is 11.1 Å². The fourth-order valence-electron chi connectivity index (χ4n) is 20.0. The Morgan fingerprint density at radius 1 is 0.131 bits per heavy atom. The molecule has 0 saturated heterocycles. The Morgan fingerprint density at radius 3 is 0.852 bits per heavy atom. The molecule has 0 aliphatic carbocycles. The van der Waals surface area contributed by atoms with E-state index < -0.39 is 0 Å². The fraction of sp³-hybridized carbons (Fsp3) is 0. The summed E-state index contributed by atoms with van der Waals surface area (Å²) in [7, 11) is 0. The van der Waals surface area contributed by atoms with E-state index in [0.717, 1.165) is 199 Å². The van der Waals surface area contributed by atoms with Crippen LogP contribution in [0.4, 0.5) is 0 Å². The van der Waals surface area contributed by atoms with E-state index in [-0.39, 0.29) is 11.1 Å². The Balaban J connectivity index is 0.636. The second-order valence-corrected chi connectivity index (χ2v) is 32.6. The molecule has 25 rings (SSSR count). The highest BCUT2D eigenvalue weighted by atomic mass is 16.1. The second kappa shape index (κ2) is 27.1. The molecule has 0 saturated carbocycles. The minimum atomic E-state index is -0.0520. The molecule has 6 heterocycles. The van der Waals surface area contributed by atoms with E-state index >= 15 is 9.59 Å². The van der Waals surface area contributed by atoms with E-state index in [9.17, 15) is 0 Å². The van der Waals surface area contributed by atoms with Gasteiger partial charge in [-0.3, -0.25) is 18.4 Å². The largest absolute Gasteiger partial charge is 0.309 e. The van der Waals surface area contributed by atoms with Gasteiger partial charge in [0, 0.05) is 76.0 Å². The molecule has 0 N–H and O–H groups in total. The maximum Gasteiger partial charge on any atom is 0.263 e. The number of hydrogen-bond donors (Lipinski definition) is 0. The maximum absolute atomic E-state index is 15.8. The first-order valence-corrected chi connectivity index (χ1v) is 41.7. The van der Waals surface area contributed by atoms with E-state index in [4.69, 9.17) is 0 Å². The second-order valence-electron chi connectivity index (χ2n) is 32.6. The quantitative estimate of drug-likeness (QED) is 0.114. The van der Waals surface area contributed by atoms with Crippen molar-refractivity contribution in [3.8, 4) is 123 Å². The average Bonchev–Trinajstić information content (AvgIpc) is 1.55. The fourth-order valence-corrected chi connectivity index (χ4v) is 20.0. The zero-order valence-electron chi connectivity index (χ0n) is 66.0. The molecule has 0 radical (unpaired) electrons. The first kappa shape index (κ1) is 68.9. The summed E-state index contributed by atoms with van der Waals surface area (Å²) >= 11 is 0. The third kappa shape index (κ3) is 10.8. The van der Waals surface area contributed by atoms with Gasteiger partial charge in [0.05, 0.1) is 44.1 Å². The lowest BCUT2D eigenvalue weighted by molar-refractivity contribution is 1.18. The Labute approximate surface area is 700 Å². The zero-order valence-corrected chi connectivity index (χ0v) is 66.0. The number of benzene rings is 19. The molecular weight excluding hydrogens is 1480 g/mol. The Bertz CT molecular complexity index is 8710. The van der Waals surface area contributed by atoms with Gasteiger partial charge in [-0.1, -0.05) is 261 Å². The molecule has 0 spiro atoms. The molecule has 19 aromatic carbocycles. The predicted octanol–water partition coefficient (Wildman–Crippen LogP) is 29.6. The number of fused-ring (bicyclic) bond motifs is 16. The van der Waals surface area contributed by atoms with E-state index in [1.165, 1.54) is 32.7 Å². The van der Waals surface area contributed by atoms with Gasteiger partial charge in [0.1, 0.15) is 0 Å². The van der Waals surface area contributed by atoms with E-state index in [1.54, 1.807) is 0 Å². The van der Waals surface area contributed by atoms with Gasteiger partial charge in [-0.05, 0) is 286 Å². The van der Waals surface area contributed by atoms with Gasteiger partial charge in [0.15, 0.2) is 0 Å². The van der Waals surface area contributed by atoms with E-state index in [2.05, 4.69) is 410 Å². The summed E-state index contributed by atoms with van der Waals surface area (Å²) in [6, 6.07) is 153. The molecule has 0 fully saturated rings. The summed E-state index contributed by atoms with van der Waals surface area (Å²) in [5, 5.41) is 13.9. The van der Waals surface area contributed by atoms with Crippen molar-refractivity contribution in [3.63, 3.8) is 0 Å². The van der Waals surface area contributed by atoms with Crippen LogP contribution in [0.5, 0.6) is 0 Å². The minimum Gasteiger partial charge on any atom is -0.309 e.